The number of nitrogens with zero attached hydrogens (tertiary/aromatic N) is 1. The highest BCUT2D eigenvalue weighted by Crippen LogP contribution is 2.30. The second-order valence-corrected chi connectivity index (χ2v) is 12.7. The lowest BCUT2D eigenvalue weighted by Gasteiger charge is -2.22. The number of furan rings is 1. The summed E-state index contributed by atoms with van der Waals surface area (Å²) in [7, 11) is -4.60. The molecule has 0 fully saturated rings. The molecule has 1 aliphatic carbocycles. The van der Waals surface area contributed by atoms with Crippen molar-refractivity contribution in [2.45, 2.75) is 25.4 Å². The summed E-state index contributed by atoms with van der Waals surface area (Å²) in [5.74, 6) is -1.72. The van der Waals surface area contributed by atoms with E-state index in [1.165, 1.54) is 5.56 Å². The van der Waals surface area contributed by atoms with Crippen molar-refractivity contribution >= 4 is 54.3 Å². The summed E-state index contributed by atoms with van der Waals surface area (Å²) in [5.41, 5.74) is 4.15. The van der Waals surface area contributed by atoms with Gasteiger partial charge in [0.2, 0.25) is 20.0 Å². The number of fused-ring (bicyclic) bond motifs is 2. The Balaban J connectivity index is 0.000000459. The van der Waals surface area contributed by atoms with Crippen LogP contribution in [-0.2, 0) is 49.0 Å². The average molecular weight is 580 g/mol. The first-order valence-corrected chi connectivity index (χ1v) is 15.3. The molecule has 12 nitrogen and oxygen atoms in total. The molecule has 1 atom stereocenters. The van der Waals surface area contributed by atoms with Crippen molar-refractivity contribution in [2.75, 3.05) is 29.0 Å². The van der Waals surface area contributed by atoms with Gasteiger partial charge in [0.1, 0.15) is 11.3 Å². The minimum Gasteiger partial charge on any atom is -0.478 e. The van der Waals surface area contributed by atoms with Crippen LogP contribution in [0.3, 0.4) is 0 Å². The third kappa shape index (κ3) is 9.42. The normalized spacial score (nSPS) is 15.1. The number of nitrogens with one attached hydrogen (secondary N) is 2. The van der Waals surface area contributed by atoms with E-state index in [2.05, 4.69) is 14.3 Å². The molecule has 1 aliphatic rings. The fraction of sp³-hybridized carbons (Fsp3) is 0.280. The van der Waals surface area contributed by atoms with Crippen molar-refractivity contribution in [2.24, 2.45) is 0 Å². The Morgan fingerprint density at radius 1 is 0.897 bits per heavy atom. The van der Waals surface area contributed by atoms with Crippen LogP contribution in [0.4, 0.5) is 11.4 Å². The molecule has 210 valence electrons. The van der Waals surface area contributed by atoms with Gasteiger partial charge in [-0.25, -0.2) is 26.4 Å². The van der Waals surface area contributed by atoms with Gasteiger partial charge in [-0.2, -0.15) is 0 Å². The van der Waals surface area contributed by atoms with Crippen molar-refractivity contribution in [1.29, 1.82) is 0 Å². The number of benzene rings is 2. The second-order valence-electron chi connectivity index (χ2n) is 9.18. The summed E-state index contributed by atoms with van der Waals surface area (Å²) >= 11 is 0. The van der Waals surface area contributed by atoms with Gasteiger partial charge in [0.25, 0.3) is 0 Å². The number of aliphatic carboxylic acids is 2. The fourth-order valence-corrected chi connectivity index (χ4v) is 5.27. The van der Waals surface area contributed by atoms with Crippen molar-refractivity contribution in [3.05, 3.63) is 71.5 Å². The lowest BCUT2D eigenvalue weighted by atomic mass is 10.1. The zero-order chi connectivity index (χ0) is 29.0. The molecule has 0 aliphatic heterocycles. The maximum absolute atomic E-state index is 11.5. The van der Waals surface area contributed by atoms with Crippen molar-refractivity contribution < 1.29 is 41.1 Å². The zero-order valence-corrected chi connectivity index (χ0v) is 23.0. The van der Waals surface area contributed by atoms with Crippen LogP contribution >= 0.6 is 0 Å². The molecule has 2 aromatic carbocycles. The van der Waals surface area contributed by atoms with Gasteiger partial charge in [-0.15, -0.1) is 0 Å². The summed E-state index contributed by atoms with van der Waals surface area (Å²) < 4.78 is 56.8. The van der Waals surface area contributed by atoms with Gasteiger partial charge in [-0.3, -0.25) is 14.3 Å². The third-order valence-corrected chi connectivity index (χ3v) is 6.90. The maximum atomic E-state index is 11.5. The molecule has 0 bridgehead atoms. The molecule has 0 saturated carbocycles. The molecule has 14 heteroatoms. The summed E-state index contributed by atoms with van der Waals surface area (Å²) in [5, 5.41) is 16.5. The Kier molecular flexibility index (Phi) is 9.04. The van der Waals surface area contributed by atoms with Crippen LogP contribution in [0.5, 0.6) is 0 Å². The predicted octanol–water partition coefficient (Wildman–Crippen LogP) is 2.49. The Morgan fingerprint density at radius 3 is 2.00 bits per heavy atom. The molecule has 4 rings (SSSR count). The van der Waals surface area contributed by atoms with Crippen LogP contribution < -0.4 is 9.44 Å². The molecule has 0 radical (unpaired) electrons. The number of carboxylic acids is 2. The molecule has 1 aromatic heterocycles. The lowest BCUT2D eigenvalue weighted by molar-refractivity contribution is -0.134. The summed E-state index contributed by atoms with van der Waals surface area (Å²) in [6.07, 6.45) is 5.09. The van der Waals surface area contributed by atoms with Gasteiger partial charge in [0.05, 0.1) is 19.1 Å². The van der Waals surface area contributed by atoms with Gasteiger partial charge in [-0.1, -0.05) is 6.07 Å². The number of likely N-dealkylation sites (N-methyl/N-ethyl adjacent to an activating group) is 1. The number of carboxylic acid groups (broad SMARTS) is 2. The van der Waals surface area contributed by atoms with Gasteiger partial charge in [0, 0.05) is 35.0 Å². The van der Waals surface area contributed by atoms with Gasteiger partial charge in [0.15, 0.2) is 0 Å². The van der Waals surface area contributed by atoms with E-state index in [0.29, 0.717) is 35.7 Å². The Morgan fingerprint density at radius 2 is 1.44 bits per heavy atom. The molecule has 0 amide bonds. The minimum atomic E-state index is -3.34. The van der Waals surface area contributed by atoms with Gasteiger partial charge in [-0.05, 0) is 67.4 Å². The summed E-state index contributed by atoms with van der Waals surface area (Å²) in [4.78, 5) is 21.3. The zero-order valence-electron chi connectivity index (χ0n) is 21.4. The largest absolute Gasteiger partial charge is 0.478 e. The monoisotopic (exact) mass is 579 g/mol. The Bertz CT molecular complexity index is 1610. The molecule has 1 unspecified atom stereocenters. The van der Waals surface area contributed by atoms with Crippen molar-refractivity contribution in [3.8, 4) is 0 Å². The number of hydrogen-bond acceptors (Lipinski definition) is 8. The predicted molar refractivity (Wildman–Crippen MR) is 147 cm³/mol. The highest BCUT2D eigenvalue weighted by atomic mass is 32.2. The quantitative estimate of drug-likeness (QED) is 0.275. The van der Waals surface area contributed by atoms with Crippen LogP contribution in [0.25, 0.3) is 11.0 Å². The van der Waals surface area contributed by atoms with E-state index in [1.807, 2.05) is 25.2 Å². The smallest absolute Gasteiger partial charge is 0.328 e. The number of carbonyl (C=O) groups is 2. The van der Waals surface area contributed by atoms with E-state index in [4.69, 9.17) is 14.6 Å². The van der Waals surface area contributed by atoms with Gasteiger partial charge >= 0.3 is 11.9 Å². The first-order chi connectivity index (χ1) is 18.1. The first-order valence-electron chi connectivity index (χ1n) is 11.5. The number of rotatable bonds is 9. The van der Waals surface area contributed by atoms with E-state index < -0.39 is 32.0 Å². The molecule has 3 aromatic rings. The highest BCUT2D eigenvalue weighted by molar-refractivity contribution is 7.92. The Labute approximate surface area is 226 Å². The number of hydrogen-bond donors (Lipinski definition) is 4. The van der Waals surface area contributed by atoms with Crippen LogP contribution in [0.15, 0.2) is 59.0 Å². The molecule has 4 N–H and O–H groups in total. The number of sulfonamides is 2. The number of anilines is 2. The van der Waals surface area contributed by atoms with Crippen LogP contribution in [-0.4, -0.2) is 69.5 Å². The van der Waals surface area contributed by atoms with E-state index in [9.17, 15) is 26.4 Å². The van der Waals surface area contributed by atoms with Crippen molar-refractivity contribution in [1.82, 2.24) is 4.90 Å². The van der Waals surface area contributed by atoms with E-state index in [1.54, 1.807) is 24.3 Å². The fourth-order valence-electron chi connectivity index (χ4n) is 4.16. The third-order valence-electron chi connectivity index (χ3n) is 5.69. The van der Waals surface area contributed by atoms with Crippen LogP contribution in [0, 0.1) is 0 Å². The van der Waals surface area contributed by atoms with Crippen LogP contribution in [0.1, 0.15) is 16.9 Å². The highest BCUT2D eigenvalue weighted by Gasteiger charge is 2.26. The topological polar surface area (TPSA) is 183 Å². The molecule has 0 spiro atoms. The summed E-state index contributed by atoms with van der Waals surface area (Å²) in [6, 6.07) is 13.1. The van der Waals surface area contributed by atoms with E-state index in [0.717, 1.165) is 42.1 Å². The van der Waals surface area contributed by atoms with Crippen LogP contribution in [0.2, 0.25) is 0 Å². The molecule has 39 heavy (non-hydrogen) atoms. The van der Waals surface area contributed by atoms with Crippen molar-refractivity contribution in [3.63, 3.8) is 0 Å². The second kappa shape index (κ2) is 11.9. The SMILES string of the molecule is CN(Cc1cc2cc(NS(C)(=O)=O)ccc2o1)C1Cc2ccc(NS(C)(=O)=O)cc2C1.O=C(O)/C=C\C(=O)O. The molecule has 1 heterocycles. The lowest BCUT2D eigenvalue weighted by Crippen LogP contribution is -2.31. The first kappa shape index (κ1) is 29.7. The molecular weight excluding hydrogens is 550 g/mol. The average Bonchev–Trinajstić information content (AvgIpc) is 3.38. The van der Waals surface area contributed by atoms with E-state index >= 15 is 0 Å². The van der Waals surface area contributed by atoms with Gasteiger partial charge < -0.3 is 14.6 Å². The molecular formula is C25H29N3O9S2. The standard InChI is InChI=1S/C21H25N3O5S2.C4H4O4/c1-24(19-10-14-4-5-17(8-15(14)11-19)22-30(2,25)26)13-20-12-16-9-18(23-31(3,27)28)6-7-21(16)29-20;5-3(6)1-2-4(7)8/h4-9,12,19,22-23H,10-11,13H2,1-3H3;1-2H,(H,5,6)(H,7,8)/b;2-1-. The van der Waals surface area contributed by atoms with E-state index in [-0.39, 0.29) is 6.04 Å². The molecule has 0 saturated heterocycles. The maximum Gasteiger partial charge on any atom is 0.328 e. The summed E-state index contributed by atoms with van der Waals surface area (Å²) in [6.45, 7) is 0.608. The Hall–Kier alpha value is -3.88. The minimum absolute atomic E-state index is 0.277.